The minimum absolute atomic E-state index is 0.148. The van der Waals surface area contributed by atoms with Crippen molar-refractivity contribution >= 4 is 0 Å². The molecular formula is C9H19NO. The van der Waals surface area contributed by atoms with E-state index >= 15 is 0 Å². The van der Waals surface area contributed by atoms with Crippen LogP contribution >= 0.6 is 0 Å². The Labute approximate surface area is 69.2 Å². The Kier molecular flexibility index (Phi) is 3.34. The largest absolute Gasteiger partial charge is 0.393 e. The molecule has 11 heavy (non-hydrogen) atoms. The van der Waals surface area contributed by atoms with Gasteiger partial charge in [-0.2, -0.15) is 0 Å². The number of likely N-dealkylation sites (tertiary alicyclic amines) is 1. The Bertz CT molecular complexity index is 108. The number of aliphatic hydroxyl groups excluding tert-OH is 1. The van der Waals surface area contributed by atoms with Crippen LogP contribution in [0.5, 0.6) is 0 Å². The summed E-state index contributed by atoms with van der Waals surface area (Å²) in [6.07, 6.45) is 3.44. The normalized spacial score (nSPS) is 25.4. The van der Waals surface area contributed by atoms with Gasteiger partial charge in [-0.1, -0.05) is 0 Å². The summed E-state index contributed by atoms with van der Waals surface area (Å²) in [5.41, 5.74) is 0. The van der Waals surface area contributed by atoms with Gasteiger partial charge in [0.1, 0.15) is 0 Å². The van der Waals surface area contributed by atoms with Gasteiger partial charge in [-0.15, -0.1) is 0 Å². The van der Waals surface area contributed by atoms with E-state index in [1.807, 2.05) is 6.92 Å². The quantitative estimate of drug-likeness (QED) is 0.666. The second kappa shape index (κ2) is 4.07. The van der Waals surface area contributed by atoms with Gasteiger partial charge in [-0.25, -0.2) is 0 Å². The number of aliphatic hydroxyl groups is 1. The van der Waals surface area contributed by atoms with Crippen molar-refractivity contribution in [2.24, 2.45) is 0 Å². The fourth-order valence-electron chi connectivity index (χ4n) is 1.83. The number of nitrogens with zero attached hydrogens (tertiary/aromatic N) is 1. The van der Waals surface area contributed by atoms with Gasteiger partial charge in [0, 0.05) is 6.04 Å². The zero-order valence-corrected chi connectivity index (χ0v) is 7.58. The van der Waals surface area contributed by atoms with Crippen LogP contribution in [-0.4, -0.2) is 35.2 Å². The van der Waals surface area contributed by atoms with Gasteiger partial charge in [0.05, 0.1) is 6.10 Å². The summed E-state index contributed by atoms with van der Waals surface area (Å²) < 4.78 is 0. The molecule has 2 atom stereocenters. The summed E-state index contributed by atoms with van der Waals surface area (Å²) in [7, 11) is 0. The van der Waals surface area contributed by atoms with Crippen LogP contribution in [0.1, 0.15) is 33.1 Å². The van der Waals surface area contributed by atoms with Crippen LogP contribution in [0.4, 0.5) is 0 Å². The molecule has 0 aromatic carbocycles. The highest BCUT2D eigenvalue weighted by atomic mass is 16.3. The average molecular weight is 157 g/mol. The molecule has 0 bridgehead atoms. The van der Waals surface area contributed by atoms with E-state index in [2.05, 4.69) is 11.8 Å². The van der Waals surface area contributed by atoms with Crippen LogP contribution in [0.15, 0.2) is 0 Å². The first-order valence-corrected chi connectivity index (χ1v) is 4.62. The molecule has 0 aromatic heterocycles. The third-order valence-electron chi connectivity index (χ3n) is 2.45. The Morgan fingerprint density at radius 2 is 1.82 bits per heavy atom. The molecule has 1 fully saturated rings. The first-order chi connectivity index (χ1) is 5.20. The molecule has 0 amide bonds. The smallest absolute Gasteiger partial charge is 0.0526 e. The molecule has 2 unspecified atom stereocenters. The van der Waals surface area contributed by atoms with Gasteiger partial charge in [-0.05, 0) is 46.2 Å². The molecular weight excluding hydrogens is 138 g/mol. The van der Waals surface area contributed by atoms with Crippen molar-refractivity contribution in [2.45, 2.75) is 45.3 Å². The maximum atomic E-state index is 9.16. The van der Waals surface area contributed by atoms with Crippen molar-refractivity contribution in [3.8, 4) is 0 Å². The zero-order chi connectivity index (χ0) is 8.27. The van der Waals surface area contributed by atoms with Crippen molar-refractivity contribution in [3.05, 3.63) is 0 Å². The Hall–Kier alpha value is -0.0800. The third kappa shape index (κ3) is 2.80. The molecule has 1 saturated heterocycles. The lowest BCUT2D eigenvalue weighted by molar-refractivity contribution is 0.133. The first-order valence-electron chi connectivity index (χ1n) is 4.62. The summed E-state index contributed by atoms with van der Waals surface area (Å²) in [4.78, 5) is 2.46. The molecule has 2 nitrogen and oxygen atoms in total. The predicted octanol–water partition coefficient (Wildman–Crippen LogP) is 1.24. The standard InChI is InChI=1S/C9H19NO/c1-8(7-9(2)11)10-5-3-4-6-10/h8-9,11H,3-7H2,1-2H3. The highest BCUT2D eigenvalue weighted by Crippen LogP contribution is 2.14. The summed E-state index contributed by atoms with van der Waals surface area (Å²) in [5, 5.41) is 9.16. The molecule has 2 heteroatoms. The number of rotatable bonds is 3. The fourth-order valence-corrected chi connectivity index (χ4v) is 1.83. The molecule has 1 heterocycles. The molecule has 0 aromatic rings. The summed E-state index contributed by atoms with van der Waals surface area (Å²) in [5.74, 6) is 0. The van der Waals surface area contributed by atoms with E-state index in [1.54, 1.807) is 0 Å². The van der Waals surface area contributed by atoms with Crippen LogP contribution < -0.4 is 0 Å². The van der Waals surface area contributed by atoms with Crippen molar-refractivity contribution in [2.75, 3.05) is 13.1 Å². The Morgan fingerprint density at radius 1 is 1.27 bits per heavy atom. The maximum Gasteiger partial charge on any atom is 0.0526 e. The van der Waals surface area contributed by atoms with Crippen molar-refractivity contribution in [3.63, 3.8) is 0 Å². The third-order valence-corrected chi connectivity index (χ3v) is 2.45. The van der Waals surface area contributed by atoms with Gasteiger partial charge in [0.2, 0.25) is 0 Å². The maximum absolute atomic E-state index is 9.16. The van der Waals surface area contributed by atoms with Crippen molar-refractivity contribution in [1.82, 2.24) is 4.90 Å². The molecule has 66 valence electrons. The minimum Gasteiger partial charge on any atom is -0.393 e. The zero-order valence-electron chi connectivity index (χ0n) is 7.58. The summed E-state index contributed by atoms with van der Waals surface area (Å²) in [6, 6.07) is 0.567. The second-order valence-corrected chi connectivity index (χ2v) is 3.68. The van der Waals surface area contributed by atoms with E-state index < -0.39 is 0 Å². The van der Waals surface area contributed by atoms with Crippen LogP contribution in [0.25, 0.3) is 0 Å². The Balaban J connectivity index is 2.22. The fraction of sp³-hybridized carbons (Fsp3) is 1.00. The van der Waals surface area contributed by atoms with Crippen LogP contribution in [0, 0.1) is 0 Å². The van der Waals surface area contributed by atoms with E-state index in [0.717, 1.165) is 6.42 Å². The van der Waals surface area contributed by atoms with Gasteiger partial charge in [0.15, 0.2) is 0 Å². The van der Waals surface area contributed by atoms with Crippen LogP contribution in [0.3, 0.4) is 0 Å². The second-order valence-electron chi connectivity index (χ2n) is 3.68. The van der Waals surface area contributed by atoms with Gasteiger partial charge < -0.3 is 10.0 Å². The molecule has 1 rings (SSSR count). The van der Waals surface area contributed by atoms with Crippen LogP contribution in [0.2, 0.25) is 0 Å². The molecule has 1 N–H and O–H groups in total. The molecule has 1 aliphatic heterocycles. The predicted molar refractivity (Wildman–Crippen MR) is 46.6 cm³/mol. The van der Waals surface area contributed by atoms with Gasteiger partial charge in [-0.3, -0.25) is 0 Å². The SMILES string of the molecule is CC(O)CC(C)N1CCCC1. The van der Waals surface area contributed by atoms with Crippen molar-refractivity contribution in [1.29, 1.82) is 0 Å². The highest BCUT2D eigenvalue weighted by molar-refractivity contribution is 4.73. The highest BCUT2D eigenvalue weighted by Gasteiger charge is 2.18. The summed E-state index contributed by atoms with van der Waals surface area (Å²) in [6.45, 7) is 6.53. The lowest BCUT2D eigenvalue weighted by Gasteiger charge is -2.24. The van der Waals surface area contributed by atoms with E-state index in [0.29, 0.717) is 6.04 Å². The summed E-state index contributed by atoms with van der Waals surface area (Å²) >= 11 is 0. The van der Waals surface area contributed by atoms with Gasteiger partial charge >= 0.3 is 0 Å². The van der Waals surface area contributed by atoms with Crippen LogP contribution in [-0.2, 0) is 0 Å². The lowest BCUT2D eigenvalue weighted by Crippen LogP contribution is -2.32. The molecule has 0 aliphatic carbocycles. The van der Waals surface area contributed by atoms with Gasteiger partial charge in [0.25, 0.3) is 0 Å². The van der Waals surface area contributed by atoms with Crippen molar-refractivity contribution < 1.29 is 5.11 Å². The average Bonchev–Trinajstić information content (AvgIpc) is 2.35. The molecule has 0 radical (unpaired) electrons. The lowest BCUT2D eigenvalue weighted by atomic mass is 10.1. The minimum atomic E-state index is -0.148. The van der Waals surface area contributed by atoms with E-state index in [9.17, 15) is 0 Å². The van der Waals surface area contributed by atoms with E-state index in [-0.39, 0.29) is 6.10 Å². The monoisotopic (exact) mass is 157 g/mol. The molecule has 1 aliphatic rings. The van der Waals surface area contributed by atoms with E-state index in [4.69, 9.17) is 5.11 Å². The van der Waals surface area contributed by atoms with E-state index in [1.165, 1.54) is 25.9 Å². The first kappa shape index (κ1) is 9.01. The number of hydrogen-bond acceptors (Lipinski definition) is 2. The topological polar surface area (TPSA) is 23.5 Å². The molecule has 0 saturated carbocycles. The Morgan fingerprint density at radius 3 is 2.27 bits per heavy atom. The number of hydrogen-bond donors (Lipinski definition) is 1. The molecule has 0 spiro atoms.